The first kappa shape index (κ1) is 20.0. The summed E-state index contributed by atoms with van der Waals surface area (Å²) in [5.74, 6) is 1.04. The number of piperidine rings is 1. The van der Waals surface area contributed by atoms with Crippen LogP contribution in [-0.2, 0) is 0 Å². The Bertz CT molecular complexity index is 1180. The van der Waals surface area contributed by atoms with Gasteiger partial charge in [0, 0.05) is 6.54 Å². The number of halogens is 1. The number of likely N-dealkylation sites (tertiary alicyclic amines) is 1. The average Bonchev–Trinajstić information content (AvgIpc) is 3.27. The first-order chi connectivity index (χ1) is 15.2. The van der Waals surface area contributed by atoms with E-state index in [9.17, 15) is 9.50 Å². The third kappa shape index (κ3) is 4.43. The van der Waals surface area contributed by atoms with Gasteiger partial charge in [-0.15, -0.1) is 0 Å². The molecule has 0 unspecified atom stereocenters. The van der Waals surface area contributed by atoms with Crippen molar-refractivity contribution in [3.8, 4) is 5.75 Å². The van der Waals surface area contributed by atoms with Gasteiger partial charge in [-0.1, -0.05) is 30.3 Å². The lowest BCUT2D eigenvalue weighted by molar-refractivity contribution is 0.0599. The van der Waals surface area contributed by atoms with E-state index in [1.807, 2.05) is 36.4 Å². The van der Waals surface area contributed by atoms with Crippen LogP contribution in [0, 0.1) is 5.82 Å². The summed E-state index contributed by atoms with van der Waals surface area (Å²) in [6.45, 7) is 2.75. The molecule has 1 fully saturated rings. The second kappa shape index (κ2) is 8.69. The first-order valence-electron chi connectivity index (χ1n) is 10.8. The Kier molecular flexibility index (Phi) is 5.62. The second-order valence-corrected chi connectivity index (χ2v) is 8.38. The van der Waals surface area contributed by atoms with Gasteiger partial charge in [0.2, 0.25) is 0 Å². The summed E-state index contributed by atoms with van der Waals surface area (Å²) >= 11 is 0. The minimum Gasteiger partial charge on any atom is -0.490 e. The summed E-state index contributed by atoms with van der Waals surface area (Å²) in [7, 11) is 0. The van der Waals surface area contributed by atoms with E-state index in [2.05, 4.69) is 17.0 Å². The molecule has 1 saturated heterocycles. The molecule has 4 aromatic rings. The van der Waals surface area contributed by atoms with Gasteiger partial charge in [-0.2, -0.15) is 0 Å². The number of aliphatic hydroxyl groups excluding tert-OH is 1. The van der Waals surface area contributed by atoms with Crippen LogP contribution in [0.5, 0.6) is 5.75 Å². The van der Waals surface area contributed by atoms with Crippen LogP contribution in [0.15, 0.2) is 71.3 Å². The summed E-state index contributed by atoms with van der Waals surface area (Å²) in [4.78, 5) is 2.30. The van der Waals surface area contributed by atoms with Gasteiger partial charge in [-0.3, -0.25) is 0 Å². The molecule has 31 heavy (non-hydrogen) atoms. The summed E-state index contributed by atoms with van der Waals surface area (Å²) in [6, 6.07) is 18.8. The van der Waals surface area contributed by atoms with Gasteiger partial charge in [0.05, 0.1) is 11.6 Å². The van der Waals surface area contributed by atoms with Gasteiger partial charge in [0.1, 0.15) is 29.9 Å². The first-order valence-corrected chi connectivity index (χ1v) is 10.8. The number of furan rings is 1. The molecule has 5 heteroatoms. The summed E-state index contributed by atoms with van der Waals surface area (Å²) in [6.07, 6.45) is 3.20. The lowest BCUT2D eigenvalue weighted by atomic mass is 9.88. The Morgan fingerprint density at radius 1 is 1.03 bits per heavy atom. The van der Waals surface area contributed by atoms with E-state index in [4.69, 9.17) is 9.15 Å². The van der Waals surface area contributed by atoms with E-state index in [1.54, 1.807) is 12.3 Å². The number of fused-ring (bicyclic) bond motifs is 2. The molecule has 3 aromatic carbocycles. The smallest absolute Gasteiger partial charge is 0.137 e. The number of rotatable bonds is 6. The number of nitrogens with zero attached hydrogens (tertiary/aromatic N) is 1. The van der Waals surface area contributed by atoms with Crippen LogP contribution in [0.25, 0.3) is 21.7 Å². The Morgan fingerprint density at radius 2 is 1.84 bits per heavy atom. The second-order valence-electron chi connectivity index (χ2n) is 8.38. The zero-order chi connectivity index (χ0) is 21.2. The van der Waals surface area contributed by atoms with Gasteiger partial charge >= 0.3 is 0 Å². The molecule has 1 aromatic heterocycles. The van der Waals surface area contributed by atoms with Crippen molar-refractivity contribution < 1.29 is 18.7 Å². The van der Waals surface area contributed by atoms with Crippen LogP contribution in [0.4, 0.5) is 4.39 Å². The molecule has 0 bridgehead atoms. The summed E-state index contributed by atoms with van der Waals surface area (Å²) in [5.41, 5.74) is 2.10. The molecular weight excluding hydrogens is 393 g/mol. The quantitative estimate of drug-likeness (QED) is 0.458. The molecule has 0 aliphatic carbocycles. The molecule has 1 aliphatic rings. The lowest BCUT2D eigenvalue weighted by Gasteiger charge is -2.33. The van der Waals surface area contributed by atoms with E-state index in [1.165, 1.54) is 11.6 Å². The fourth-order valence-electron chi connectivity index (χ4n) is 4.57. The van der Waals surface area contributed by atoms with Gasteiger partial charge in [0.15, 0.2) is 0 Å². The Balaban J connectivity index is 1.14. The molecule has 2 heterocycles. The minimum atomic E-state index is -0.547. The van der Waals surface area contributed by atoms with Crippen molar-refractivity contribution in [3.63, 3.8) is 0 Å². The topological polar surface area (TPSA) is 45.8 Å². The van der Waals surface area contributed by atoms with Crippen molar-refractivity contribution in [1.29, 1.82) is 0 Å². The normalized spacial score (nSPS) is 16.7. The maximum Gasteiger partial charge on any atom is 0.137 e. The van der Waals surface area contributed by atoms with Gasteiger partial charge < -0.3 is 19.2 Å². The molecule has 1 N–H and O–H groups in total. The summed E-state index contributed by atoms with van der Waals surface area (Å²) in [5, 5.41) is 13.4. The van der Waals surface area contributed by atoms with Crippen LogP contribution in [0.1, 0.15) is 24.3 Å². The fraction of sp³-hybridized carbons (Fsp3) is 0.308. The fourth-order valence-corrected chi connectivity index (χ4v) is 4.57. The predicted molar refractivity (Wildman–Crippen MR) is 120 cm³/mol. The highest BCUT2D eigenvalue weighted by atomic mass is 19.1. The number of aliphatic hydroxyl groups is 1. The molecule has 1 atom stereocenters. The standard InChI is InChI=1S/C26H26FNO3/c27-22-7-6-20-14-19(4-5-21(20)15-22)18-8-11-28(12-9-18)16-23(29)17-31-26-3-1-2-25-24(26)10-13-30-25/h1-7,10,13-15,18,23,29H,8-9,11-12,16-17H2/t23-/m0/s1. The van der Waals surface area contributed by atoms with Crippen LogP contribution >= 0.6 is 0 Å². The zero-order valence-corrected chi connectivity index (χ0v) is 17.3. The lowest BCUT2D eigenvalue weighted by Crippen LogP contribution is -2.40. The van der Waals surface area contributed by atoms with Gasteiger partial charge in [-0.05, 0) is 78.5 Å². The molecule has 5 rings (SSSR count). The Labute approximate surface area is 180 Å². The van der Waals surface area contributed by atoms with Crippen molar-refractivity contribution >= 4 is 21.7 Å². The number of ether oxygens (including phenoxy) is 1. The van der Waals surface area contributed by atoms with E-state index in [-0.39, 0.29) is 12.4 Å². The van der Waals surface area contributed by atoms with Crippen LogP contribution in [0.3, 0.4) is 0 Å². The van der Waals surface area contributed by atoms with Crippen molar-refractivity contribution in [1.82, 2.24) is 4.90 Å². The van der Waals surface area contributed by atoms with Crippen molar-refractivity contribution in [2.75, 3.05) is 26.2 Å². The van der Waals surface area contributed by atoms with E-state index >= 15 is 0 Å². The molecular formula is C26H26FNO3. The Hall–Kier alpha value is -2.89. The molecule has 4 nitrogen and oxygen atoms in total. The van der Waals surface area contributed by atoms with E-state index < -0.39 is 6.10 Å². The molecule has 0 radical (unpaired) electrons. The monoisotopic (exact) mass is 419 g/mol. The largest absolute Gasteiger partial charge is 0.490 e. The van der Waals surface area contributed by atoms with Crippen LogP contribution < -0.4 is 4.74 Å². The van der Waals surface area contributed by atoms with Crippen molar-refractivity contribution in [2.45, 2.75) is 24.9 Å². The minimum absolute atomic E-state index is 0.197. The third-order valence-electron chi connectivity index (χ3n) is 6.24. The SMILES string of the molecule is O[C@H](COc1cccc2occc12)CN1CCC(c2ccc3cc(F)ccc3c2)CC1. The van der Waals surface area contributed by atoms with Crippen molar-refractivity contribution in [3.05, 3.63) is 78.3 Å². The number of hydrogen-bond acceptors (Lipinski definition) is 4. The molecule has 0 amide bonds. The predicted octanol–water partition coefficient (Wildman–Crippen LogP) is 5.34. The highest BCUT2D eigenvalue weighted by Gasteiger charge is 2.22. The third-order valence-corrected chi connectivity index (χ3v) is 6.24. The zero-order valence-electron chi connectivity index (χ0n) is 17.3. The Morgan fingerprint density at radius 3 is 2.71 bits per heavy atom. The van der Waals surface area contributed by atoms with Crippen LogP contribution in [-0.4, -0.2) is 42.4 Å². The van der Waals surface area contributed by atoms with E-state index in [0.29, 0.717) is 12.5 Å². The molecule has 0 spiro atoms. The number of hydrogen-bond donors (Lipinski definition) is 1. The van der Waals surface area contributed by atoms with Crippen LogP contribution in [0.2, 0.25) is 0 Å². The molecule has 0 saturated carbocycles. The number of benzene rings is 3. The maximum absolute atomic E-state index is 13.4. The van der Waals surface area contributed by atoms with Gasteiger partial charge in [-0.25, -0.2) is 4.39 Å². The molecule has 160 valence electrons. The van der Waals surface area contributed by atoms with E-state index in [0.717, 1.165) is 53.4 Å². The highest BCUT2D eigenvalue weighted by molar-refractivity contribution is 5.84. The number of β-amino-alcohol motifs (C(OH)–C–C–N with tert-alkyl or cyclic N) is 1. The van der Waals surface area contributed by atoms with Gasteiger partial charge in [0.25, 0.3) is 0 Å². The van der Waals surface area contributed by atoms with Crippen molar-refractivity contribution in [2.24, 2.45) is 0 Å². The maximum atomic E-state index is 13.4. The average molecular weight is 419 g/mol. The highest BCUT2D eigenvalue weighted by Crippen LogP contribution is 2.31. The summed E-state index contributed by atoms with van der Waals surface area (Å²) < 4.78 is 24.7. The molecule has 1 aliphatic heterocycles.